The van der Waals surface area contributed by atoms with Crippen LogP contribution < -0.4 is 10.6 Å². The van der Waals surface area contributed by atoms with E-state index in [2.05, 4.69) is 44.5 Å². The molecule has 0 unspecified atom stereocenters. The highest BCUT2D eigenvalue weighted by Crippen LogP contribution is 2.22. The highest BCUT2D eigenvalue weighted by Gasteiger charge is 2.01. The van der Waals surface area contributed by atoms with Crippen molar-refractivity contribution >= 4 is 26.8 Å². The number of nitrogens with two attached hydrogens (primary N) is 1. The third-order valence-electron chi connectivity index (χ3n) is 1.94. The molecule has 3 N–H and O–H groups in total. The third kappa shape index (κ3) is 7.03. The van der Waals surface area contributed by atoms with Gasteiger partial charge in [-0.05, 0) is 28.4 Å². The van der Waals surface area contributed by atoms with Crippen molar-refractivity contribution in [1.29, 1.82) is 0 Å². The lowest BCUT2D eigenvalue weighted by molar-refractivity contribution is -0.141. The number of carbonyl (C=O) groups is 1. The number of hydrogen-bond donors (Lipinski definition) is 2. The molecule has 18 heavy (non-hydrogen) atoms. The predicted molar refractivity (Wildman–Crippen MR) is 74.2 cm³/mol. The van der Waals surface area contributed by atoms with E-state index in [9.17, 15) is 0 Å². The number of halogens is 1. The Kier molecular flexibility index (Phi) is 9.90. The minimum absolute atomic E-state index is 0.202. The minimum atomic E-state index is 0.202. The molecule has 1 heterocycles. The second-order valence-electron chi connectivity index (χ2n) is 3.28. The maximum absolute atomic E-state index is 8.58. The number of amides is 1. The van der Waals surface area contributed by atoms with E-state index < -0.39 is 0 Å². The van der Waals surface area contributed by atoms with Gasteiger partial charge >= 0.3 is 0 Å². The van der Waals surface area contributed by atoms with Gasteiger partial charge in [0.1, 0.15) is 0 Å². The van der Waals surface area contributed by atoms with Crippen molar-refractivity contribution in [2.45, 2.75) is 26.2 Å². The summed E-state index contributed by atoms with van der Waals surface area (Å²) >= 11 is 3.44. The van der Waals surface area contributed by atoms with Crippen molar-refractivity contribution < 1.29 is 14.9 Å². The van der Waals surface area contributed by atoms with Crippen LogP contribution in [0.4, 0.5) is 0 Å². The lowest BCUT2D eigenvalue weighted by Crippen LogP contribution is -1.90. The van der Waals surface area contributed by atoms with Crippen LogP contribution in [0.5, 0.6) is 5.88 Å². The van der Waals surface area contributed by atoms with E-state index in [1.807, 2.05) is 6.07 Å². The first-order valence-corrected chi connectivity index (χ1v) is 6.28. The molecule has 0 aliphatic carbocycles. The Labute approximate surface area is 115 Å². The van der Waals surface area contributed by atoms with Crippen molar-refractivity contribution in [3.05, 3.63) is 30.0 Å². The van der Waals surface area contributed by atoms with Crippen LogP contribution in [0.15, 0.2) is 24.3 Å². The summed E-state index contributed by atoms with van der Waals surface area (Å²) in [7, 11) is 0. The van der Waals surface area contributed by atoms with Gasteiger partial charge in [0.15, 0.2) is 0 Å². The molecule has 0 spiro atoms. The Bertz CT molecular complexity index is 383. The van der Waals surface area contributed by atoms with Gasteiger partial charge in [-0.1, -0.05) is 31.9 Å². The fourth-order valence-corrected chi connectivity index (χ4v) is 1.59. The Morgan fingerprint density at radius 3 is 2.83 bits per heavy atom. The van der Waals surface area contributed by atoms with Crippen molar-refractivity contribution in [3.8, 4) is 5.88 Å². The van der Waals surface area contributed by atoms with E-state index in [4.69, 9.17) is 10.1 Å². The second kappa shape index (κ2) is 10.7. The molecule has 1 amide bonds. The molecular formula is C12H17BrN2O3. The number of aromatic nitrogens is 1. The smallest absolute Gasteiger partial charge is 0.256 e. The highest BCUT2D eigenvalue weighted by atomic mass is 79.9. The van der Waals surface area contributed by atoms with E-state index in [1.165, 1.54) is 6.42 Å². The Morgan fingerprint density at radius 1 is 1.61 bits per heavy atom. The third-order valence-corrected chi connectivity index (χ3v) is 2.67. The number of allylic oxidation sites excluding steroid dienone is 1. The first-order chi connectivity index (χ1) is 8.69. The minimum Gasteiger partial charge on any atom is -0.372 e. The summed E-state index contributed by atoms with van der Waals surface area (Å²) in [6.07, 6.45) is 5.67. The summed E-state index contributed by atoms with van der Waals surface area (Å²) in [5.74, 6) is 0.202. The molecule has 5 nitrogen and oxygen atoms in total. The standard InChI is InChI=1S/C11H14BrNO2.CH3NO/c1-2-3-4-6-9(12)10-7-5-8-11(13-10)15-14;2-1-3/h5-8,14H,2-4H2,1H3;1H,(H2,2,3)/b9-6-;. The summed E-state index contributed by atoms with van der Waals surface area (Å²) in [5.41, 5.74) is 4.93. The molecule has 0 aliphatic heterocycles. The van der Waals surface area contributed by atoms with Crippen LogP contribution >= 0.6 is 15.9 Å². The molecule has 0 saturated heterocycles. The lowest BCUT2D eigenvalue weighted by Gasteiger charge is -2.00. The number of carbonyl (C=O) groups excluding carboxylic acids is 1. The van der Waals surface area contributed by atoms with Crippen molar-refractivity contribution in [2.75, 3.05) is 0 Å². The molecule has 1 rings (SSSR count). The zero-order chi connectivity index (χ0) is 13.8. The number of rotatable bonds is 5. The summed E-state index contributed by atoms with van der Waals surface area (Å²) in [5, 5.41) is 8.46. The largest absolute Gasteiger partial charge is 0.372 e. The Morgan fingerprint density at radius 2 is 2.28 bits per heavy atom. The fourth-order valence-electron chi connectivity index (χ4n) is 1.14. The molecule has 6 heteroatoms. The fraction of sp³-hybridized carbons (Fsp3) is 0.333. The molecule has 0 fully saturated rings. The molecule has 0 aromatic carbocycles. The molecular weight excluding hydrogens is 300 g/mol. The highest BCUT2D eigenvalue weighted by molar-refractivity contribution is 9.15. The zero-order valence-electron chi connectivity index (χ0n) is 10.2. The van der Waals surface area contributed by atoms with E-state index in [1.54, 1.807) is 12.1 Å². The molecule has 1 aromatic rings. The van der Waals surface area contributed by atoms with E-state index >= 15 is 0 Å². The van der Waals surface area contributed by atoms with Gasteiger partial charge in [0.25, 0.3) is 5.88 Å². The van der Waals surface area contributed by atoms with Gasteiger partial charge in [0, 0.05) is 10.5 Å². The monoisotopic (exact) mass is 316 g/mol. The van der Waals surface area contributed by atoms with Crippen LogP contribution in [0.3, 0.4) is 0 Å². The zero-order valence-corrected chi connectivity index (χ0v) is 11.8. The molecule has 0 saturated carbocycles. The summed E-state index contributed by atoms with van der Waals surface area (Å²) in [6, 6.07) is 5.23. The molecule has 100 valence electrons. The Balaban J connectivity index is 0.000000873. The van der Waals surface area contributed by atoms with Gasteiger partial charge < -0.3 is 10.6 Å². The number of pyridine rings is 1. The quantitative estimate of drug-likeness (QED) is 0.378. The van der Waals surface area contributed by atoms with E-state index in [0.717, 1.165) is 23.0 Å². The molecule has 1 aromatic heterocycles. The van der Waals surface area contributed by atoms with Crippen LogP contribution in [0, 0.1) is 0 Å². The summed E-state index contributed by atoms with van der Waals surface area (Å²) in [4.78, 5) is 16.7. The number of hydrogen-bond acceptors (Lipinski definition) is 4. The topological polar surface area (TPSA) is 85.4 Å². The molecule has 0 radical (unpaired) electrons. The van der Waals surface area contributed by atoms with Gasteiger partial charge in [0.05, 0.1) is 5.69 Å². The van der Waals surface area contributed by atoms with Gasteiger partial charge in [-0.3, -0.25) is 4.79 Å². The van der Waals surface area contributed by atoms with Crippen LogP contribution in [0.2, 0.25) is 0 Å². The molecule has 0 atom stereocenters. The first-order valence-electron chi connectivity index (χ1n) is 5.49. The summed E-state index contributed by atoms with van der Waals surface area (Å²) < 4.78 is 0.926. The average molecular weight is 317 g/mol. The van der Waals surface area contributed by atoms with Gasteiger partial charge in [0.2, 0.25) is 6.41 Å². The maximum atomic E-state index is 8.58. The lowest BCUT2D eigenvalue weighted by atomic mass is 10.2. The predicted octanol–water partition coefficient (Wildman–Crippen LogP) is 2.96. The van der Waals surface area contributed by atoms with Gasteiger partial charge in [-0.15, -0.1) is 0 Å². The molecule has 0 aliphatic rings. The normalized spacial score (nSPS) is 10.3. The average Bonchev–Trinajstić information content (AvgIpc) is 2.40. The van der Waals surface area contributed by atoms with Gasteiger partial charge in [-0.25, -0.2) is 10.2 Å². The van der Waals surface area contributed by atoms with Crippen molar-refractivity contribution in [3.63, 3.8) is 0 Å². The summed E-state index contributed by atoms with van der Waals surface area (Å²) in [6.45, 7) is 2.15. The Hall–Kier alpha value is -1.40. The second-order valence-corrected chi connectivity index (χ2v) is 4.14. The van der Waals surface area contributed by atoms with Crippen molar-refractivity contribution in [1.82, 2.24) is 4.98 Å². The van der Waals surface area contributed by atoms with Crippen LogP contribution in [-0.2, 0) is 4.79 Å². The van der Waals surface area contributed by atoms with Crippen LogP contribution in [-0.4, -0.2) is 16.7 Å². The first kappa shape index (κ1) is 16.6. The number of nitrogens with zero attached hydrogens (tertiary/aromatic N) is 1. The molecule has 0 bridgehead atoms. The van der Waals surface area contributed by atoms with Crippen LogP contribution in [0.1, 0.15) is 31.9 Å². The number of primary amides is 1. The maximum Gasteiger partial charge on any atom is 0.256 e. The van der Waals surface area contributed by atoms with Crippen LogP contribution in [0.25, 0.3) is 4.48 Å². The SMILES string of the molecule is CCCC/C=C(\Br)c1cccc(OO)n1.NC=O. The van der Waals surface area contributed by atoms with E-state index in [0.29, 0.717) is 0 Å². The number of unbranched alkanes of at least 4 members (excludes halogenated alkanes) is 2. The van der Waals surface area contributed by atoms with E-state index in [-0.39, 0.29) is 12.3 Å². The van der Waals surface area contributed by atoms with Gasteiger partial charge in [-0.2, -0.15) is 0 Å². The van der Waals surface area contributed by atoms with Crippen molar-refractivity contribution in [2.24, 2.45) is 5.73 Å².